The van der Waals surface area contributed by atoms with Crippen LogP contribution in [0, 0.1) is 0 Å². The first kappa shape index (κ1) is 10.3. The summed E-state index contributed by atoms with van der Waals surface area (Å²) in [5, 5.41) is 4.58. The van der Waals surface area contributed by atoms with Crippen LogP contribution < -0.4 is 5.73 Å². The first-order chi connectivity index (χ1) is 8.33. The molecule has 0 fully saturated rings. The van der Waals surface area contributed by atoms with Crippen molar-refractivity contribution in [2.24, 2.45) is 0 Å². The third kappa shape index (κ3) is 2.02. The molecule has 3 rings (SSSR count). The Balaban J connectivity index is 1.96. The highest BCUT2D eigenvalue weighted by molar-refractivity contribution is 5.58. The average Bonchev–Trinajstić information content (AvgIpc) is 2.62. The molecule has 1 aliphatic heterocycles. The van der Waals surface area contributed by atoms with E-state index >= 15 is 0 Å². The second-order valence-corrected chi connectivity index (χ2v) is 4.51. The molecule has 2 aromatic rings. The molecule has 0 amide bonds. The van der Waals surface area contributed by atoms with Crippen LogP contribution in [0.1, 0.15) is 25.1 Å². The van der Waals surface area contributed by atoms with E-state index in [9.17, 15) is 0 Å². The van der Waals surface area contributed by atoms with Crippen molar-refractivity contribution in [3.8, 4) is 11.4 Å². The third-order valence-corrected chi connectivity index (χ3v) is 3.19. The lowest BCUT2D eigenvalue weighted by Gasteiger charge is -1.98. The molecular weight excluding hydrogens is 212 g/mol. The molecular formula is C13H16N4. The lowest BCUT2D eigenvalue weighted by Crippen LogP contribution is -2.02. The molecule has 1 aromatic heterocycles. The molecule has 4 nitrogen and oxygen atoms in total. The van der Waals surface area contributed by atoms with Gasteiger partial charge < -0.3 is 5.73 Å². The van der Waals surface area contributed by atoms with Crippen LogP contribution in [0.5, 0.6) is 0 Å². The van der Waals surface area contributed by atoms with Gasteiger partial charge in [0.05, 0.1) is 0 Å². The Morgan fingerprint density at radius 2 is 1.88 bits per heavy atom. The van der Waals surface area contributed by atoms with Crippen LogP contribution in [-0.4, -0.2) is 14.8 Å². The molecule has 17 heavy (non-hydrogen) atoms. The minimum absolute atomic E-state index is 0.773. The minimum Gasteiger partial charge on any atom is -0.399 e. The van der Waals surface area contributed by atoms with Crippen molar-refractivity contribution >= 4 is 5.69 Å². The SMILES string of the molecule is Nc1ccc(-c2nc3n(n2)CCCCC3)cc1. The monoisotopic (exact) mass is 228 g/mol. The summed E-state index contributed by atoms with van der Waals surface area (Å²) >= 11 is 0. The molecule has 0 unspecified atom stereocenters. The van der Waals surface area contributed by atoms with E-state index in [-0.39, 0.29) is 0 Å². The number of aryl methyl sites for hydroxylation is 2. The van der Waals surface area contributed by atoms with E-state index in [4.69, 9.17) is 5.73 Å². The summed E-state index contributed by atoms with van der Waals surface area (Å²) in [7, 11) is 0. The van der Waals surface area contributed by atoms with E-state index in [1.54, 1.807) is 0 Å². The van der Waals surface area contributed by atoms with Crippen molar-refractivity contribution in [3.05, 3.63) is 30.1 Å². The maximum absolute atomic E-state index is 5.68. The van der Waals surface area contributed by atoms with Gasteiger partial charge in [-0.3, -0.25) is 0 Å². The number of nitrogens with two attached hydrogens (primary N) is 1. The van der Waals surface area contributed by atoms with Crippen LogP contribution in [0.15, 0.2) is 24.3 Å². The first-order valence-corrected chi connectivity index (χ1v) is 6.12. The summed E-state index contributed by atoms with van der Waals surface area (Å²) in [6.07, 6.45) is 4.75. The van der Waals surface area contributed by atoms with Gasteiger partial charge >= 0.3 is 0 Å². The molecule has 2 heterocycles. The Morgan fingerprint density at radius 1 is 1.06 bits per heavy atom. The molecule has 0 aliphatic carbocycles. The number of nitrogen functional groups attached to an aromatic ring is 1. The van der Waals surface area contributed by atoms with Crippen LogP contribution in [0.4, 0.5) is 5.69 Å². The zero-order chi connectivity index (χ0) is 11.7. The van der Waals surface area contributed by atoms with Gasteiger partial charge in [-0.15, -0.1) is 0 Å². The number of rotatable bonds is 1. The number of anilines is 1. The van der Waals surface area contributed by atoms with Crippen molar-refractivity contribution in [3.63, 3.8) is 0 Å². The Hall–Kier alpha value is -1.84. The van der Waals surface area contributed by atoms with Crippen LogP contribution >= 0.6 is 0 Å². The van der Waals surface area contributed by atoms with Crippen LogP contribution in [0.3, 0.4) is 0 Å². The largest absolute Gasteiger partial charge is 0.399 e. The maximum atomic E-state index is 5.68. The highest BCUT2D eigenvalue weighted by Gasteiger charge is 2.13. The van der Waals surface area contributed by atoms with E-state index in [1.165, 1.54) is 19.3 Å². The van der Waals surface area contributed by atoms with Crippen LogP contribution in [0.25, 0.3) is 11.4 Å². The zero-order valence-corrected chi connectivity index (χ0v) is 9.76. The molecule has 0 atom stereocenters. The molecule has 0 radical (unpaired) electrons. The molecule has 4 heteroatoms. The second kappa shape index (κ2) is 4.20. The predicted octanol–water partition coefficient (Wildman–Crippen LogP) is 2.25. The molecule has 0 saturated carbocycles. The molecule has 2 N–H and O–H groups in total. The fourth-order valence-corrected chi connectivity index (χ4v) is 2.21. The van der Waals surface area contributed by atoms with E-state index in [1.807, 2.05) is 24.3 Å². The van der Waals surface area contributed by atoms with Gasteiger partial charge in [0, 0.05) is 24.2 Å². The molecule has 1 aliphatic rings. The summed E-state index contributed by atoms with van der Waals surface area (Å²) in [4.78, 5) is 4.62. The van der Waals surface area contributed by atoms with E-state index in [0.29, 0.717) is 0 Å². The standard InChI is InChI=1S/C13H16N4/c14-11-7-5-10(6-8-11)13-15-12-4-2-1-3-9-17(12)16-13/h5-8H,1-4,9,14H2. The zero-order valence-electron chi connectivity index (χ0n) is 9.76. The fourth-order valence-electron chi connectivity index (χ4n) is 2.21. The normalized spacial score (nSPS) is 15.3. The summed E-state index contributed by atoms with van der Waals surface area (Å²) in [6, 6.07) is 7.73. The summed E-state index contributed by atoms with van der Waals surface area (Å²) in [6.45, 7) is 0.997. The maximum Gasteiger partial charge on any atom is 0.181 e. The Labute approximate surface area is 100 Å². The smallest absolute Gasteiger partial charge is 0.181 e. The van der Waals surface area contributed by atoms with E-state index < -0.39 is 0 Å². The molecule has 0 spiro atoms. The highest BCUT2D eigenvalue weighted by atomic mass is 15.3. The van der Waals surface area contributed by atoms with Gasteiger partial charge in [0.1, 0.15) is 5.82 Å². The van der Waals surface area contributed by atoms with Gasteiger partial charge in [-0.2, -0.15) is 5.10 Å². The van der Waals surface area contributed by atoms with E-state index in [2.05, 4.69) is 14.8 Å². The van der Waals surface area contributed by atoms with Crippen molar-refractivity contribution < 1.29 is 0 Å². The lowest BCUT2D eigenvalue weighted by atomic mass is 10.2. The molecule has 88 valence electrons. The van der Waals surface area contributed by atoms with Gasteiger partial charge in [-0.05, 0) is 37.1 Å². The molecule has 1 aromatic carbocycles. The van der Waals surface area contributed by atoms with Crippen molar-refractivity contribution in [2.75, 3.05) is 5.73 Å². The van der Waals surface area contributed by atoms with Crippen molar-refractivity contribution in [2.45, 2.75) is 32.2 Å². The van der Waals surface area contributed by atoms with Crippen LogP contribution in [-0.2, 0) is 13.0 Å². The number of hydrogen-bond donors (Lipinski definition) is 1. The van der Waals surface area contributed by atoms with Gasteiger partial charge in [0.25, 0.3) is 0 Å². The quantitative estimate of drug-likeness (QED) is 0.762. The van der Waals surface area contributed by atoms with Gasteiger partial charge in [0.2, 0.25) is 0 Å². The second-order valence-electron chi connectivity index (χ2n) is 4.51. The van der Waals surface area contributed by atoms with Crippen molar-refractivity contribution in [1.29, 1.82) is 0 Å². The topological polar surface area (TPSA) is 56.7 Å². The summed E-state index contributed by atoms with van der Waals surface area (Å²) < 4.78 is 2.05. The third-order valence-electron chi connectivity index (χ3n) is 3.19. The molecule has 0 saturated heterocycles. The molecule has 0 bridgehead atoms. The number of fused-ring (bicyclic) bond motifs is 1. The minimum atomic E-state index is 0.773. The van der Waals surface area contributed by atoms with Gasteiger partial charge in [-0.1, -0.05) is 6.42 Å². The number of benzene rings is 1. The fraction of sp³-hybridized carbons (Fsp3) is 0.385. The Bertz CT molecular complexity index is 489. The van der Waals surface area contributed by atoms with Crippen molar-refractivity contribution in [1.82, 2.24) is 14.8 Å². The van der Waals surface area contributed by atoms with Gasteiger partial charge in [-0.25, -0.2) is 9.67 Å². The Kier molecular flexibility index (Phi) is 2.55. The summed E-state index contributed by atoms with van der Waals surface area (Å²) in [5.74, 6) is 1.94. The predicted molar refractivity (Wildman–Crippen MR) is 67.4 cm³/mol. The number of nitrogens with zero attached hydrogens (tertiary/aromatic N) is 3. The number of hydrogen-bond acceptors (Lipinski definition) is 3. The van der Waals surface area contributed by atoms with E-state index in [0.717, 1.165) is 35.9 Å². The van der Waals surface area contributed by atoms with Gasteiger partial charge in [0.15, 0.2) is 5.82 Å². The Morgan fingerprint density at radius 3 is 2.71 bits per heavy atom. The van der Waals surface area contributed by atoms with Crippen LogP contribution in [0.2, 0.25) is 0 Å². The highest BCUT2D eigenvalue weighted by Crippen LogP contribution is 2.20. The summed E-state index contributed by atoms with van der Waals surface area (Å²) in [5.41, 5.74) is 7.49. The average molecular weight is 228 g/mol. The first-order valence-electron chi connectivity index (χ1n) is 6.12. The number of aromatic nitrogens is 3. The lowest BCUT2D eigenvalue weighted by molar-refractivity contribution is 0.576.